The van der Waals surface area contributed by atoms with Gasteiger partial charge < -0.3 is 10.7 Å². The normalized spacial score (nSPS) is 14.1. The van der Waals surface area contributed by atoms with Crippen LogP contribution in [0.2, 0.25) is 0 Å². The second-order valence-electron chi connectivity index (χ2n) is 4.24. The Labute approximate surface area is 101 Å². The number of sulfone groups is 1. The number of fused-ring (bicyclic) bond motifs is 1. The number of hydrogen-bond donors (Lipinski definition) is 2. The Kier molecular flexibility index (Phi) is 2.97. The Balaban J connectivity index is 2.66. The smallest absolute Gasteiger partial charge is 0.175 e. The Hall–Kier alpha value is -1.33. The van der Waals surface area contributed by atoms with Gasteiger partial charge in [-0.2, -0.15) is 0 Å². The van der Waals surface area contributed by atoms with Crippen molar-refractivity contribution in [2.45, 2.75) is 24.3 Å². The molecule has 1 atom stereocenters. The van der Waals surface area contributed by atoms with Crippen LogP contribution >= 0.6 is 0 Å². The minimum absolute atomic E-state index is 0.0708. The zero-order valence-electron chi connectivity index (χ0n) is 9.90. The minimum atomic E-state index is -3.18. The van der Waals surface area contributed by atoms with Crippen LogP contribution in [0, 0.1) is 0 Å². The molecule has 4 nitrogen and oxygen atoms in total. The van der Waals surface area contributed by atoms with Crippen LogP contribution in [0.5, 0.6) is 0 Å². The number of hydrogen-bond acceptors (Lipinski definition) is 3. The van der Waals surface area contributed by atoms with Gasteiger partial charge in [-0.05, 0) is 30.2 Å². The molecule has 92 valence electrons. The van der Waals surface area contributed by atoms with Gasteiger partial charge in [-0.25, -0.2) is 8.42 Å². The summed E-state index contributed by atoms with van der Waals surface area (Å²) in [7, 11) is -3.18. The summed E-state index contributed by atoms with van der Waals surface area (Å²) in [5, 5.41) is 0.891. The van der Waals surface area contributed by atoms with Crippen LogP contribution in [0.15, 0.2) is 29.3 Å². The molecule has 0 aliphatic carbocycles. The Morgan fingerprint density at radius 2 is 2.12 bits per heavy atom. The van der Waals surface area contributed by atoms with Crippen molar-refractivity contribution in [3.05, 3.63) is 30.0 Å². The third kappa shape index (κ3) is 2.21. The third-order valence-corrected chi connectivity index (χ3v) is 4.06. The van der Waals surface area contributed by atoms with Crippen molar-refractivity contribution >= 4 is 20.7 Å². The minimum Gasteiger partial charge on any atom is -0.361 e. The quantitative estimate of drug-likeness (QED) is 0.877. The summed E-state index contributed by atoms with van der Waals surface area (Å²) in [6.07, 6.45) is 3.88. The van der Waals surface area contributed by atoms with Crippen LogP contribution in [0.25, 0.3) is 10.9 Å². The molecule has 1 unspecified atom stereocenters. The summed E-state index contributed by atoms with van der Waals surface area (Å²) in [4.78, 5) is 3.44. The second kappa shape index (κ2) is 4.16. The van der Waals surface area contributed by atoms with Crippen LogP contribution in [-0.4, -0.2) is 19.7 Å². The van der Waals surface area contributed by atoms with Gasteiger partial charge in [-0.1, -0.05) is 6.92 Å². The zero-order valence-corrected chi connectivity index (χ0v) is 10.7. The summed E-state index contributed by atoms with van der Waals surface area (Å²) in [6.45, 7) is 2.00. The van der Waals surface area contributed by atoms with Crippen LogP contribution < -0.4 is 5.73 Å². The predicted octanol–water partition coefficient (Wildman–Crippen LogP) is 1.98. The first-order valence-corrected chi connectivity index (χ1v) is 7.39. The summed E-state index contributed by atoms with van der Waals surface area (Å²) in [5.74, 6) is 0. The van der Waals surface area contributed by atoms with Gasteiger partial charge in [0.15, 0.2) is 9.84 Å². The zero-order chi connectivity index (χ0) is 12.6. The predicted molar refractivity (Wildman–Crippen MR) is 68.6 cm³/mol. The van der Waals surface area contributed by atoms with E-state index in [1.54, 1.807) is 18.2 Å². The van der Waals surface area contributed by atoms with E-state index in [-0.39, 0.29) is 6.04 Å². The van der Waals surface area contributed by atoms with Crippen LogP contribution in [0.4, 0.5) is 0 Å². The van der Waals surface area contributed by atoms with E-state index < -0.39 is 9.84 Å². The maximum absolute atomic E-state index is 11.5. The number of benzene rings is 1. The summed E-state index contributed by atoms with van der Waals surface area (Å²) in [5.41, 5.74) is 7.87. The molecule has 0 aliphatic heterocycles. The monoisotopic (exact) mass is 252 g/mol. The van der Waals surface area contributed by atoms with Crippen molar-refractivity contribution in [1.29, 1.82) is 0 Å². The molecule has 0 fully saturated rings. The highest BCUT2D eigenvalue weighted by Crippen LogP contribution is 2.26. The topological polar surface area (TPSA) is 76.0 Å². The maximum atomic E-state index is 11.5. The Morgan fingerprint density at radius 3 is 2.71 bits per heavy atom. The molecule has 1 heterocycles. The molecule has 0 aliphatic rings. The van der Waals surface area contributed by atoms with Crippen molar-refractivity contribution in [2.24, 2.45) is 5.73 Å². The molecule has 5 heteroatoms. The fraction of sp³-hybridized carbons (Fsp3) is 0.333. The molecule has 1 aromatic carbocycles. The van der Waals surface area contributed by atoms with Crippen molar-refractivity contribution < 1.29 is 8.42 Å². The molecule has 17 heavy (non-hydrogen) atoms. The van der Waals surface area contributed by atoms with E-state index in [9.17, 15) is 8.42 Å². The van der Waals surface area contributed by atoms with Gasteiger partial charge in [0.25, 0.3) is 0 Å². The molecule has 0 radical (unpaired) electrons. The molecule has 0 saturated heterocycles. The number of nitrogens with one attached hydrogen (secondary N) is 1. The van der Waals surface area contributed by atoms with E-state index in [0.717, 1.165) is 22.9 Å². The molecular formula is C12H16N2O2S. The number of rotatable bonds is 3. The van der Waals surface area contributed by atoms with Crippen LogP contribution in [0.1, 0.15) is 24.9 Å². The van der Waals surface area contributed by atoms with Crippen molar-refractivity contribution in [3.8, 4) is 0 Å². The molecule has 0 spiro atoms. The number of aromatic amines is 1. The van der Waals surface area contributed by atoms with E-state index >= 15 is 0 Å². The van der Waals surface area contributed by atoms with E-state index in [1.807, 2.05) is 13.1 Å². The standard InChI is InChI=1S/C12H16N2O2S/c1-3-11(13)10-7-14-12-5-4-8(6-9(10)12)17(2,15)16/h4-7,11,14H,3,13H2,1-2H3. The Morgan fingerprint density at radius 1 is 1.41 bits per heavy atom. The van der Waals surface area contributed by atoms with Crippen LogP contribution in [0.3, 0.4) is 0 Å². The van der Waals surface area contributed by atoms with E-state index in [1.165, 1.54) is 6.26 Å². The summed E-state index contributed by atoms with van der Waals surface area (Å²) in [6, 6.07) is 5.00. The summed E-state index contributed by atoms with van der Waals surface area (Å²) >= 11 is 0. The lowest BCUT2D eigenvalue weighted by Gasteiger charge is -2.07. The van der Waals surface area contributed by atoms with Gasteiger partial charge in [-0.3, -0.25) is 0 Å². The van der Waals surface area contributed by atoms with Gasteiger partial charge in [0.1, 0.15) is 0 Å². The number of aromatic nitrogens is 1. The fourth-order valence-corrected chi connectivity index (χ4v) is 2.53. The molecule has 1 aromatic heterocycles. The van der Waals surface area contributed by atoms with Crippen LogP contribution in [-0.2, 0) is 9.84 Å². The van der Waals surface area contributed by atoms with Crippen molar-refractivity contribution in [1.82, 2.24) is 4.98 Å². The van der Waals surface area contributed by atoms with Gasteiger partial charge in [-0.15, -0.1) is 0 Å². The fourth-order valence-electron chi connectivity index (χ4n) is 1.88. The largest absolute Gasteiger partial charge is 0.361 e. The van der Waals surface area contributed by atoms with Gasteiger partial charge in [0.05, 0.1) is 4.90 Å². The van der Waals surface area contributed by atoms with E-state index in [2.05, 4.69) is 4.98 Å². The Bertz CT molecular complexity index is 644. The highest BCUT2D eigenvalue weighted by molar-refractivity contribution is 7.90. The lowest BCUT2D eigenvalue weighted by atomic mass is 10.0. The molecule has 3 N–H and O–H groups in total. The lowest BCUT2D eigenvalue weighted by Crippen LogP contribution is -2.07. The van der Waals surface area contributed by atoms with Gasteiger partial charge >= 0.3 is 0 Å². The van der Waals surface area contributed by atoms with E-state index in [4.69, 9.17) is 5.73 Å². The third-order valence-electron chi connectivity index (χ3n) is 2.95. The first-order chi connectivity index (χ1) is 7.93. The summed E-state index contributed by atoms with van der Waals surface area (Å²) < 4.78 is 23.0. The maximum Gasteiger partial charge on any atom is 0.175 e. The first kappa shape index (κ1) is 12.1. The first-order valence-electron chi connectivity index (χ1n) is 5.50. The molecule has 2 aromatic rings. The van der Waals surface area contributed by atoms with Gasteiger partial charge in [0, 0.05) is 29.4 Å². The highest BCUT2D eigenvalue weighted by Gasteiger charge is 2.13. The number of H-pyrrole nitrogens is 1. The molecule has 2 rings (SSSR count). The van der Waals surface area contributed by atoms with Crippen molar-refractivity contribution in [3.63, 3.8) is 0 Å². The van der Waals surface area contributed by atoms with Crippen molar-refractivity contribution in [2.75, 3.05) is 6.26 Å². The van der Waals surface area contributed by atoms with Gasteiger partial charge in [0.2, 0.25) is 0 Å². The molecule has 0 bridgehead atoms. The second-order valence-corrected chi connectivity index (χ2v) is 6.25. The highest BCUT2D eigenvalue weighted by atomic mass is 32.2. The molecular weight excluding hydrogens is 236 g/mol. The lowest BCUT2D eigenvalue weighted by molar-refractivity contribution is 0.602. The SMILES string of the molecule is CCC(N)c1c[nH]c2ccc(S(C)(=O)=O)cc12. The average molecular weight is 252 g/mol. The molecule has 0 amide bonds. The number of nitrogens with two attached hydrogens (primary N) is 1. The average Bonchev–Trinajstić information content (AvgIpc) is 2.69. The molecule has 0 saturated carbocycles. The van der Waals surface area contributed by atoms with E-state index in [0.29, 0.717) is 4.90 Å².